The molecule has 0 unspecified atom stereocenters. The minimum atomic E-state index is 0.584. The Morgan fingerprint density at radius 2 is 0.821 bits per heavy atom. The van der Waals surface area contributed by atoms with E-state index in [1.54, 1.807) is 0 Å². The van der Waals surface area contributed by atoms with Crippen LogP contribution in [0.5, 0.6) is 0 Å². The summed E-state index contributed by atoms with van der Waals surface area (Å²) in [6.45, 7) is 6.47. The van der Waals surface area contributed by atoms with E-state index in [2.05, 4.69) is 177 Å². The Labute approximate surface area is 327 Å². The zero-order valence-corrected chi connectivity index (χ0v) is 31.1. The van der Waals surface area contributed by atoms with Crippen molar-refractivity contribution in [1.29, 1.82) is 0 Å². The number of fused-ring (bicyclic) bond motifs is 3. The van der Waals surface area contributed by atoms with Crippen molar-refractivity contribution in [1.82, 2.24) is 0 Å². The number of hydrogen-bond acceptors (Lipinski definition) is 2. The molecule has 0 aliphatic rings. The summed E-state index contributed by atoms with van der Waals surface area (Å²) in [6.07, 6.45) is 0. The van der Waals surface area contributed by atoms with Crippen LogP contribution in [0.2, 0.25) is 0 Å². The van der Waals surface area contributed by atoms with E-state index in [9.17, 15) is 0 Å². The van der Waals surface area contributed by atoms with Crippen LogP contribution in [0.25, 0.3) is 72.1 Å². The Hall–Kier alpha value is -7.36. The minimum Gasteiger partial charge on any atom is -0.456 e. The molecular weight excluding hydrogens is 681 g/mol. The van der Waals surface area contributed by atoms with Crippen LogP contribution < -0.4 is 0 Å². The van der Waals surface area contributed by atoms with Gasteiger partial charge in [0, 0.05) is 27.6 Å². The summed E-state index contributed by atoms with van der Waals surface area (Å²) in [4.78, 5) is 10.4. The number of rotatable bonds is 8. The first-order chi connectivity index (χ1) is 27.6. The molecule has 1 heterocycles. The first-order valence-corrected chi connectivity index (χ1v) is 18.8. The Bertz CT molecular complexity index is 2870. The van der Waals surface area contributed by atoms with Crippen molar-refractivity contribution >= 4 is 39.2 Å². The zero-order chi connectivity index (χ0) is 37.8. The molecule has 0 aliphatic heterocycles. The lowest BCUT2D eigenvalue weighted by atomic mass is 9.95. The second-order valence-corrected chi connectivity index (χ2v) is 13.9. The summed E-state index contributed by atoms with van der Waals surface area (Å²) in [6, 6.07) is 69.3. The number of amidine groups is 1. The Balaban J connectivity index is 1.13. The van der Waals surface area contributed by atoms with Crippen molar-refractivity contribution in [2.75, 3.05) is 0 Å². The van der Waals surface area contributed by atoms with Crippen LogP contribution in [0.4, 0.5) is 0 Å². The van der Waals surface area contributed by atoms with E-state index in [1.165, 1.54) is 16.7 Å². The summed E-state index contributed by atoms with van der Waals surface area (Å²) in [5, 5.41) is 2.09. The number of benzene rings is 8. The van der Waals surface area contributed by atoms with Crippen molar-refractivity contribution in [3.8, 4) is 44.5 Å². The third-order valence-electron chi connectivity index (χ3n) is 10.3. The quantitative estimate of drug-likeness (QED) is 0.114. The largest absolute Gasteiger partial charge is 0.456 e. The van der Waals surface area contributed by atoms with E-state index >= 15 is 0 Å². The fourth-order valence-corrected chi connectivity index (χ4v) is 7.38. The van der Waals surface area contributed by atoms with Gasteiger partial charge in [0.1, 0.15) is 11.2 Å². The van der Waals surface area contributed by atoms with Gasteiger partial charge < -0.3 is 4.42 Å². The summed E-state index contributed by atoms with van der Waals surface area (Å²) < 4.78 is 6.51. The van der Waals surface area contributed by atoms with Gasteiger partial charge in [0.05, 0.1) is 5.70 Å². The van der Waals surface area contributed by atoms with Gasteiger partial charge in [-0.05, 0) is 69.1 Å². The predicted octanol–water partition coefficient (Wildman–Crippen LogP) is 14.2. The van der Waals surface area contributed by atoms with Crippen LogP contribution in [0.3, 0.4) is 0 Å². The van der Waals surface area contributed by atoms with Gasteiger partial charge in [0.25, 0.3) is 0 Å². The second kappa shape index (κ2) is 15.2. The maximum absolute atomic E-state index is 6.51. The molecule has 0 spiro atoms. The van der Waals surface area contributed by atoms with Crippen molar-refractivity contribution < 1.29 is 4.42 Å². The van der Waals surface area contributed by atoms with Gasteiger partial charge >= 0.3 is 0 Å². The van der Waals surface area contributed by atoms with Crippen LogP contribution in [-0.2, 0) is 0 Å². The maximum Gasteiger partial charge on any atom is 0.160 e. The van der Waals surface area contributed by atoms with E-state index in [0.29, 0.717) is 11.5 Å². The maximum atomic E-state index is 6.51. The first-order valence-electron chi connectivity index (χ1n) is 18.8. The normalized spacial score (nSPS) is 11.9. The van der Waals surface area contributed by atoms with E-state index in [0.717, 1.165) is 72.2 Å². The van der Waals surface area contributed by atoms with E-state index in [-0.39, 0.29) is 0 Å². The van der Waals surface area contributed by atoms with Gasteiger partial charge in [-0.25, -0.2) is 9.98 Å². The average molecular weight is 719 g/mol. The van der Waals surface area contributed by atoms with Crippen LogP contribution in [0.15, 0.2) is 221 Å². The first kappa shape index (κ1) is 34.4. The summed E-state index contributed by atoms with van der Waals surface area (Å²) in [5.74, 6) is 0.584. The standard InChI is InChI=1S/C53H38N2O/c1-36(38-24-26-42(27-25-38)39-14-6-3-7-15-39)54-53(46-34-30-44(31-35-46)41-18-10-5-11-19-41)55-37(2)47-20-12-22-49-51(47)52-48(21-13-23-50(52)56-49)45-32-28-43(29-33-45)40-16-8-4-9-17-40/h3-35H,1H2,2H3/b54-53-,55-37+. The lowest BCUT2D eigenvalue weighted by molar-refractivity contribution is 0.669. The summed E-state index contributed by atoms with van der Waals surface area (Å²) >= 11 is 0. The predicted molar refractivity (Wildman–Crippen MR) is 236 cm³/mol. The highest BCUT2D eigenvalue weighted by Crippen LogP contribution is 2.39. The van der Waals surface area contributed by atoms with Crippen LogP contribution in [0.1, 0.15) is 23.6 Å². The van der Waals surface area contributed by atoms with Gasteiger partial charge in [0.2, 0.25) is 0 Å². The fourth-order valence-electron chi connectivity index (χ4n) is 7.38. The molecule has 0 radical (unpaired) electrons. The molecule has 1 aromatic heterocycles. The number of furan rings is 1. The molecule has 3 nitrogen and oxygen atoms in total. The third-order valence-corrected chi connectivity index (χ3v) is 10.3. The van der Waals surface area contributed by atoms with E-state index in [4.69, 9.17) is 14.4 Å². The second-order valence-electron chi connectivity index (χ2n) is 13.9. The Morgan fingerprint density at radius 3 is 1.36 bits per heavy atom. The molecule has 0 bridgehead atoms. The van der Waals surface area contributed by atoms with Crippen LogP contribution >= 0.6 is 0 Å². The molecule has 56 heavy (non-hydrogen) atoms. The van der Waals surface area contributed by atoms with Crippen molar-refractivity contribution in [3.63, 3.8) is 0 Å². The van der Waals surface area contributed by atoms with Crippen molar-refractivity contribution in [2.24, 2.45) is 9.98 Å². The van der Waals surface area contributed by atoms with Gasteiger partial charge in [-0.1, -0.05) is 195 Å². The Kier molecular flexibility index (Phi) is 9.32. The lowest BCUT2D eigenvalue weighted by Crippen LogP contribution is -2.05. The number of aliphatic imine (C=N–C) groups is 2. The van der Waals surface area contributed by atoms with E-state index < -0.39 is 0 Å². The molecule has 9 rings (SSSR count). The van der Waals surface area contributed by atoms with Crippen molar-refractivity contribution in [2.45, 2.75) is 6.92 Å². The monoisotopic (exact) mass is 718 g/mol. The molecule has 0 N–H and O–H groups in total. The van der Waals surface area contributed by atoms with Crippen LogP contribution in [0, 0.1) is 0 Å². The minimum absolute atomic E-state index is 0.584. The molecule has 0 saturated heterocycles. The average Bonchev–Trinajstić information content (AvgIpc) is 3.67. The van der Waals surface area contributed by atoms with Crippen LogP contribution in [-0.4, -0.2) is 11.5 Å². The highest BCUT2D eigenvalue weighted by atomic mass is 16.3. The molecule has 3 heteroatoms. The molecular formula is C53H38N2O. The highest BCUT2D eigenvalue weighted by molar-refractivity contribution is 6.23. The summed E-state index contributed by atoms with van der Waals surface area (Å²) in [5.41, 5.74) is 15.1. The van der Waals surface area contributed by atoms with Gasteiger partial charge in [0.15, 0.2) is 5.84 Å². The molecule has 9 aromatic rings. The van der Waals surface area contributed by atoms with Gasteiger partial charge in [-0.2, -0.15) is 0 Å². The number of nitrogens with zero attached hydrogens (tertiary/aromatic N) is 2. The van der Waals surface area contributed by atoms with Crippen molar-refractivity contribution in [3.05, 3.63) is 223 Å². The molecule has 8 aromatic carbocycles. The molecule has 0 fully saturated rings. The molecule has 0 aliphatic carbocycles. The smallest absolute Gasteiger partial charge is 0.160 e. The number of hydrogen-bond donors (Lipinski definition) is 0. The fraction of sp³-hybridized carbons (Fsp3) is 0.0189. The molecule has 0 saturated carbocycles. The molecule has 0 amide bonds. The summed E-state index contributed by atoms with van der Waals surface area (Å²) in [7, 11) is 0. The third kappa shape index (κ3) is 6.90. The topological polar surface area (TPSA) is 37.9 Å². The highest BCUT2D eigenvalue weighted by Gasteiger charge is 2.18. The lowest BCUT2D eigenvalue weighted by Gasteiger charge is -2.10. The van der Waals surface area contributed by atoms with Gasteiger partial charge in [-0.3, -0.25) is 0 Å². The molecule has 0 atom stereocenters. The zero-order valence-electron chi connectivity index (χ0n) is 31.1. The SMILES string of the molecule is C=C(/N=C(\N=C(/C)c1cccc2oc3cccc(-c4ccc(-c5ccccc5)cc4)c3c12)c1ccc(-c2ccccc2)cc1)c1ccc(-c2ccccc2)cc1. The van der Waals surface area contributed by atoms with E-state index in [1.807, 2.05) is 36.4 Å². The molecule has 266 valence electrons. The Morgan fingerprint density at radius 1 is 0.393 bits per heavy atom. The van der Waals surface area contributed by atoms with Gasteiger partial charge in [-0.15, -0.1) is 0 Å².